The zero-order valence-electron chi connectivity index (χ0n) is 78.7. The minimum Gasteiger partial charge on any atom is -0.458 e. The van der Waals surface area contributed by atoms with Gasteiger partial charge in [-0.3, -0.25) is 57.5 Å². The molecule has 1 aromatic carbocycles. The molecule has 3 saturated heterocycles. The molecule has 1 aromatic rings. The second kappa shape index (κ2) is 64.2. The molecule has 0 unspecified atom stereocenters. The largest absolute Gasteiger partial charge is 0.458 e. The Morgan fingerprint density at radius 1 is 0.373 bits per heavy atom. The van der Waals surface area contributed by atoms with Gasteiger partial charge in [0.25, 0.3) is 0 Å². The standard InChI is InChI=1S/C82H129N2O29.3C4H9.Sn/c1-13-14-15-16-17-18-19-20-23-26-29-32-35-41-47-97-50-66(102-57(5)88)49-84(70(96)45-40-34-31-28-25-22-21-24-27-30-33-37-42-65-43-38-36-39-44-65)46-48-98-81-78(109-64(12)95)76(107-62(10)93)74(105-60(8)91)69(111-81)53-101-82-79(77(108-63(11)94)73(104-59(7)90)68(112-82)52-100-56(4)87)113-80-71(83-54(2)85)75(106-61(9)92)72(103-58(6)89)67(110-80)51-99-55(3)86;3*1-3-4-2;/h38-39,43-44,66-69,71-82H,13-35,37,40-42,45-53H2,1-12H3,(H,83,85);3*1,3-4H2,2H3;/t66-,67+,68+,69+,71+,72+,73+,74+,75+,76-,77-,78+,79-,80-,81+,82-;;;;/m0..../s1. The molecule has 0 radical (unpaired) electrons. The first-order valence-electron chi connectivity index (χ1n) is 47.1. The summed E-state index contributed by atoms with van der Waals surface area (Å²) in [5.41, 5.74) is 1.46. The summed E-state index contributed by atoms with van der Waals surface area (Å²) in [4.78, 5) is 159. The molecule has 126 heavy (non-hydrogen) atoms. The maximum absolute atomic E-state index is 14.7. The van der Waals surface area contributed by atoms with E-state index < -0.39 is 209 Å². The van der Waals surface area contributed by atoms with E-state index >= 15 is 0 Å². The van der Waals surface area contributed by atoms with E-state index in [2.05, 4.69) is 57.3 Å². The maximum Gasteiger partial charge on any atom is 0.303 e. The Morgan fingerprint density at radius 2 is 0.746 bits per heavy atom. The predicted molar refractivity (Wildman–Crippen MR) is 470 cm³/mol. The average Bonchev–Trinajstić information content (AvgIpc) is 0.767. The molecule has 3 aliphatic heterocycles. The van der Waals surface area contributed by atoms with Crippen LogP contribution in [-0.4, -0.2) is 246 Å². The van der Waals surface area contributed by atoms with E-state index in [-0.39, 0.29) is 32.0 Å². The molecule has 0 aliphatic carbocycles. The zero-order chi connectivity index (χ0) is 92.8. The van der Waals surface area contributed by atoms with Crippen LogP contribution in [0.4, 0.5) is 0 Å². The van der Waals surface area contributed by atoms with Crippen LogP contribution in [0.2, 0.25) is 13.3 Å². The van der Waals surface area contributed by atoms with Crippen LogP contribution >= 0.6 is 0 Å². The number of amides is 2. The van der Waals surface area contributed by atoms with Gasteiger partial charge in [0, 0.05) is 95.7 Å². The molecule has 3 fully saturated rings. The molecule has 2 amide bonds. The quantitative estimate of drug-likeness (QED) is 0.0274. The number of ether oxygens (including phenoxy) is 17. The number of aryl methyl sites for hydroxylation is 1. The predicted octanol–water partition coefficient (Wildman–Crippen LogP) is 14.4. The summed E-state index contributed by atoms with van der Waals surface area (Å²) in [7, 11) is 0. The number of nitrogens with zero attached hydrogens (tertiary/aromatic N) is 1. The summed E-state index contributed by atoms with van der Waals surface area (Å²) in [6.07, 6.45) is 12.8. The van der Waals surface area contributed by atoms with Crippen molar-refractivity contribution < 1.29 is 138 Å². The number of rotatable bonds is 66. The van der Waals surface area contributed by atoms with Crippen LogP contribution in [0.1, 0.15) is 321 Å². The molecule has 32 heteroatoms. The monoisotopic (exact) mass is 1900 g/mol. The molecule has 0 bridgehead atoms. The minimum atomic E-state index is -2.45. The van der Waals surface area contributed by atoms with E-state index in [4.69, 9.17) is 80.5 Å². The summed E-state index contributed by atoms with van der Waals surface area (Å²) in [6, 6.07) is 8.27. The van der Waals surface area contributed by atoms with Crippen molar-refractivity contribution in [2.24, 2.45) is 0 Å². The third kappa shape index (κ3) is 44.8. The second-order valence-electron chi connectivity index (χ2n) is 34.1. The third-order valence-electron chi connectivity index (χ3n) is 22.8. The number of esters is 10. The van der Waals surface area contributed by atoms with Crippen LogP contribution in [0.25, 0.3) is 0 Å². The van der Waals surface area contributed by atoms with Gasteiger partial charge in [0.15, 0.2) is 67.7 Å². The number of unbranched alkanes of at least 4 members (excludes halogenated alkanes) is 27. The minimum absolute atomic E-state index is 0.0280. The molecule has 31 nitrogen and oxygen atoms in total. The van der Waals surface area contributed by atoms with Gasteiger partial charge in [-0.25, -0.2) is 0 Å². The van der Waals surface area contributed by atoms with Crippen molar-refractivity contribution >= 4 is 93.5 Å². The summed E-state index contributed by atoms with van der Waals surface area (Å²) >= 11 is -2.45. The maximum atomic E-state index is 14.7. The SMILES string of the molecule is CCCCCCCCCCCCCCCCOC[C@H](CN(CCO[C@@H]1O[C@H](CO[C@H]2O[C@H](COC(C)=O)[C@@H](OC(C)=O)[C@H](OC(C)=O)[C@@H]2O[C@@H]2O[C@H](COC(C)=O)[C@@H](OC(C)=O)[C@H](OC(C)=O)[C@H]2NC(C)=O)[C@@H](OC(C)=O)[C@H](OC(C)=O)[C@H]1OC(C)=O)C(=O)CCCCCCCCCCCCCCc1cc[c]([Sn]([CH2]CCC)([CH2]CCC)[CH2]CCC)cc1)OC(C)=O. The van der Waals surface area contributed by atoms with Crippen molar-refractivity contribution in [3.8, 4) is 0 Å². The van der Waals surface area contributed by atoms with Crippen molar-refractivity contribution in [3.63, 3.8) is 0 Å². The molecule has 4 rings (SSSR count). The Kier molecular flexibility index (Phi) is 56.9. The van der Waals surface area contributed by atoms with Gasteiger partial charge < -0.3 is 90.7 Å². The summed E-state index contributed by atoms with van der Waals surface area (Å²) < 4.78 is 108. The summed E-state index contributed by atoms with van der Waals surface area (Å²) in [5, 5.41) is 2.58. The Morgan fingerprint density at radius 3 is 1.17 bits per heavy atom. The fourth-order valence-electron chi connectivity index (χ4n) is 16.7. The van der Waals surface area contributed by atoms with Crippen LogP contribution in [0.5, 0.6) is 0 Å². The second-order valence-corrected chi connectivity index (χ2v) is 47.3. The molecule has 0 aromatic heterocycles. The smallest absolute Gasteiger partial charge is 0.303 e. The number of benzene rings is 1. The molecule has 3 heterocycles. The molecule has 1 N–H and O–H groups in total. The molecule has 3 aliphatic rings. The Bertz CT molecular complexity index is 3320. The van der Waals surface area contributed by atoms with Gasteiger partial charge in [-0.1, -0.05) is 116 Å². The van der Waals surface area contributed by atoms with E-state index in [9.17, 15) is 57.5 Å². The summed E-state index contributed by atoms with van der Waals surface area (Å²) in [5.74, 6) is -10.1. The molecular formula is C94H156N2O29Sn. The zero-order valence-corrected chi connectivity index (χ0v) is 81.5. The van der Waals surface area contributed by atoms with E-state index in [1.807, 2.05) is 0 Å². The van der Waals surface area contributed by atoms with Crippen LogP contribution in [-0.2, 0) is 144 Å². The number of hydrogen-bond acceptors (Lipinski definition) is 29. The van der Waals surface area contributed by atoms with E-state index in [0.717, 1.165) is 133 Å². The van der Waals surface area contributed by atoms with Crippen molar-refractivity contribution in [2.75, 3.05) is 52.7 Å². The first-order chi connectivity index (χ1) is 60.3. The van der Waals surface area contributed by atoms with Gasteiger partial charge in [0.1, 0.15) is 43.7 Å². The Labute approximate surface area is 753 Å². The topological polar surface area (TPSA) is 377 Å². The fourth-order valence-corrected chi connectivity index (χ4v) is 32.7. The van der Waals surface area contributed by atoms with Gasteiger partial charge >= 0.3 is 235 Å². The number of hydrogen-bond donors (Lipinski definition) is 1. The average molecular weight is 1900 g/mol. The van der Waals surface area contributed by atoms with Gasteiger partial charge in [0.2, 0.25) is 11.8 Å². The van der Waals surface area contributed by atoms with Crippen LogP contribution in [0.3, 0.4) is 0 Å². The normalized spacial score (nSPS) is 22.5. The van der Waals surface area contributed by atoms with Crippen molar-refractivity contribution in [3.05, 3.63) is 29.8 Å². The van der Waals surface area contributed by atoms with E-state index in [1.54, 1.807) is 3.58 Å². The molecule has 720 valence electrons. The van der Waals surface area contributed by atoms with Crippen molar-refractivity contribution in [1.82, 2.24) is 10.2 Å². The molecule has 0 spiro atoms. The number of nitrogens with one attached hydrogen (secondary N) is 1. The number of carbonyl (C=O) groups is 12. The third-order valence-corrected chi connectivity index (χ3v) is 38.5. The molecule has 16 atom stereocenters. The Hall–Kier alpha value is -6.62. The van der Waals surface area contributed by atoms with E-state index in [1.165, 1.54) is 172 Å². The molecule has 0 saturated carbocycles. The van der Waals surface area contributed by atoms with Gasteiger partial charge in [-0.05, 0) is 12.8 Å². The fraction of sp³-hybridized carbons (Fsp3) is 0.809. The van der Waals surface area contributed by atoms with Crippen molar-refractivity contribution in [2.45, 2.75) is 434 Å². The first kappa shape index (κ1) is 112. The van der Waals surface area contributed by atoms with Crippen LogP contribution in [0, 0.1) is 0 Å². The molecular weight excluding hydrogens is 1740 g/mol. The van der Waals surface area contributed by atoms with Gasteiger partial charge in [-0.2, -0.15) is 0 Å². The van der Waals surface area contributed by atoms with Crippen LogP contribution in [0.15, 0.2) is 24.3 Å². The van der Waals surface area contributed by atoms with Gasteiger partial charge in [0.05, 0.1) is 26.4 Å². The first-order valence-corrected chi connectivity index (χ1v) is 54.6. The van der Waals surface area contributed by atoms with E-state index in [0.29, 0.717) is 13.0 Å². The van der Waals surface area contributed by atoms with Gasteiger partial charge in [-0.15, -0.1) is 0 Å². The van der Waals surface area contributed by atoms with Crippen LogP contribution < -0.4 is 8.90 Å². The van der Waals surface area contributed by atoms with Crippen molar-refractivity contribution in [1.29, 1.82) is 0 Å². The number of carbonyl (C=O) groups excluding carboxylic acids is 12. The summed E-state index contributed by atoms with van der Waals surface area (Å²) in [6.45, 7) is 18.3. The Balaban J connectivity index is 1.62.